The number of nitrogens with two attached hydrogens (primary N) is 1. The molecule has 0 saturated carbocycles. The molecule has 1 aromatic carbocycles. The maximum atomic E-state index is 9.06. The van der Waals surface area contributed by atoms with Crippen LogP contribution in [0.5, 0.6) is 0 Å². The van der Waals surface area contributed by atoms with E-state index in [-0.39, 0.29) is 11.8 Å². The van der Waals surface area contributed by atoms with Crippen LogP contribution in [0, 0.1) is 0 Å². The molecule has 1 aromatic rings. The van der Waals surface area contributed by atoms with Crippen molar-refractivity contribution in [3.8, 4) is 0 Å². The van der Waals surface area contributed by atoms with E-state index in [0.29, 0.717) is 6.04 Å². The number of hydrogen-bond acceptors (Lipinski definition) is 4. The molecule has 21 heavy (non-hydrogen) atoms. The number of hydrogen-bond donors (Lipinski definition) is 2. The first-order chi connectivity index (χ1) is 10.2. The first-order valence-electron chi connectivity index (χ1n) is 7.64. The van der Waals surface area contributed by atoms with Crippen molar-refractivity contribution < 1.29 is 5.21 Å². The van der Waals surface area contributed by atoms with Crippen molar-refractivity contribution in [3.63, 3.8) is 0 Å². The van der Waals surface area contributed by atoms with Crippen LogP contribution < -0.4 is 5.73 Å². The van der Waals surface area contributed by atoms with Gasteiger partial charge in [0.25, 0.3) is 0 Å². The summed E-state index contributed by atoms with van der Waals surface area (Å²) in [7, 11) is 0. The zero-order chi connectivity index (χ0) is 15.2. The standard InChI is InChI=1S/C16H26N4O/c1-3-20-10-9-19(11-13(20)2)12-15(16(17)18-21)14-7-5-4-6-8-14/h4-8,13,15,21H,3,9-12H2,1-2H3,(H2,17,18). The van der Waals surface area contributed by atoms with Crippen LogP contribution in [0.15, 0.2) is 35.5 Å². The summed E-state index contributed by atoms with van der Waals surface area (Å²) in [5.74, 6) is 0.225. The van der Waals surface area contributed by atoms with Gasteiger partial charge in [-0.3, -0.25) is 9.80 Å². The van der Waals surface area contributed by atoms with Gasteiger partial charge in [-0.25, -0.2) is 0 Å². The number of nitrogens with zero attached hydrogens (tertiary/aromatic N) is 3. The molecule has 0 aliphatic carbocycles. The Morgan fingerprint density at radius 3 is 2.67 bits per heavy atom. The average molecular weight is 290 g/mol. The molecule has 0 bridgehead atoms. The van der Waals surface area contributed by atoms with Gasteiger partial charge in [-0.05, 0) is 19.0 Å². The summed E-state index contributed by atoms with van der Waals surface area (Å²) in [5.41, 5.74) is 7.01. The van der Waals surface area contributed by atoms with Crippen molar-refractivity contribution in [1.29, 1.82) is 0 Å². The minimum atomic E-state index is -0.0587. The molecule has 3 N–H and O–H groups in total. The van der Waals surface area contributed by atoms with Gasteiger partial charge in [-0.1, -0.05) is 42.4 Å². The lowest BCUT2D eigenvalue weighted by molar-refractivity contribution is 0.0871. The summed E-state index contributed by atoms with van der Waals surface area (Å²) >= 11 is 0. The lowest BCUT2D eigenvalue weighted by atomic mass is 9.96. The van der Waals surface area contributed by atoms with Gasteiger partial charge in [0.05, 0.1) is 5.92 Å². The van der Waals surface area contributed by atoms with Gasteiger partial charge in [-0.15, -0.1) is 0 Å². The third-order valence-electron chi connectivity index (χ3n) is 4.37. The van der Waals surface area contributed by atoms with Crippen molar-refractivity contribution in [1.82, 2.24) is 9.80 Å². The predicted molar refractivity (Wildman–Crippen MR) is 85.7 cm³/mol. The number of benzene rings is 1. The van der Waals surface area contributed by atoms with Crippen LogP contribution >= 0.6 is 0 Å². The molecule has 2 rings (SSSR count). The van der Waals surface area contributed by atoms with E-state index >= 15 is 0 Å². The van der Waals surface area contributed by atoms with E-state index in [1.807, 2.05) is 30.3 Å². The van der Waals surface area contributed by atoms with Crippen molar-refractivity contribution in [2.24, 2.45) is 10.9 Å². The summed E-state index contributed by atoms with van der Waals surface area (Å²) in [6.45, 7) is 9.48. The highest BCUT2D eigenvalue weighted by molar-refractivity contribution is 5.87. The molecule has 116 valence electrons. The van der Waals surface area contributed by atoms with Gasteiger partial charge in [0.15, 0.2) is 0 Å². The summed E-state index contributed by atoms with van der Waals surface area (Å²) < 4.78 is 0. The zero-order valence-electron chi connectivity index (χ0n) is 12.9. The van der Waals surface area contributed by atoms with Gasteiger partial charge in [0, 0.05) is 32.2 Å². The van der Waals surface area contributed by atoms with Crippen molar-refractivity contribution in [2.75, 3.05) is 32.7 Å². The van der Waals surface area contributed by atoms with Crippen molar-refractivity contribution in [2.45, 2.75) is 25.8 Å². The molecule has 1 fully saturated rings. The van der Waals surface area contributed by atoms with E-state index in [1.165, 1.54) is 0 Å². The van der Waals surface area contributed by atoms with Crippen LogP contribution in [0.3, 0.4) is 0 Å². The fraction of sp³-hybridized carbons (Fsp3) is 0.562. The Morgan fingerprint density at radius 1 is 1.38 bits per heavy atom. The normalized spacial score (nSPS) is 23.1. The largest absolute Gasteiger partial charge is 0.409 e. The molecule has 2 unspecified atom stereocenters. The quantitative estimate of drug-likeness (QED) is 0.374. The third-order valence-corrected chi connectivity index (χ3v) is 4.37. The van der Waals surface area contributed by atoms with Crippen molar-refractivity contribution >= 4 is 5.84 Å². The first-order valence-corrected chi connectivity index (χ1v) is 7.64. The van der Waals surface area contributed by atoms with Crippen LogP contribution in [-0.4, -0.2) is 59.6 Å². The second kappa shape index (κ2) is 7.43. The zero-order valence-corrected chi connectivity index (χ0v) is 12.9. The second-order valence-electron chi connectivity index (χ2n) is 5.73. The number of piperazine rings is 1. The molecule has 0 spiro atoms. The van der Waals surface area contributed by atoms with E-state index in [2.05, 4.69) is 28.8 Å². The highest BCUT2D eigenvalue weighted by atomic mass is 16.4. The van der Waals surface area contributed by atoms with E-state index in [0.717, 1.165) is 38.3 Å². The van der Waals surface area contributed by atoms with E-state index in [4.69, 9.17) is 10.9 Å². The van der Waals surface area contributed by atoms with Gasteiger partial charge in [0.1, 0.15) is 5.84 Å². The predicted octanol–water partition coefficient (Wildman–Crippen LogP) is 1.54. The maximum absolute atomic E-state index is 9.06. The number of rotatable bonds is 5. The lowest BCUT2D eigenvalue weighted by Crippen LogP contribution is -2.53. The van der Waals surface area contributed by atoms with Crippen LogP contribution in [-0.2, 0) is 0 Å². The summed E-state index contributed by atoms with van der Waals surface area (Å²) in [6, 6.07) is 10.6. The lowest BCUT2D eigenvalue weighted by Gasteiger charge is -2.40. The molecule has 1 aliphatic heterocycles. The minimum absolute atomic E-state index is 0.0587. The Hall–Kier alpha value is -1.59. The summed E-state index contributed by atoms with van der Waals surface area (Å²) in [5, 5.41) is 12.3. The van der Waals surface area contributed by atoms with Crippen LogP contribution in [0.25, 0.3) is 0 Å². The smallest absolute Gasteiger partial charge is 0.147 e. The van der Waals surface area contributed by atoms with Gasteiger partial charge >= 0.3 is 0 Å². The molecular formula is C16H26N4O. The SMILES string of the molecule is CCN1CCN(CC(C(N)=NO)c2ccccc2)CC1C. The van der Waals surface area contributed by atoms with E-state index < -0.39 is 0 Å². The van der Waals surface area contributed by atoms with Gasteiger partial charge in [0.2, 0.25) is 0 Å². The Labute approximate surface area is 127 Å². The Balaban J connectivity index is 2.07. The molecule has 0 radical (unpaired) electrons. The fourth-order valence-corrected chi connectivity index (χ4v) is 3.09. The Morgan fingerprint density at radius 2 is 2.10 bits per heavy atom. The topological polar surface area (TPSA) is 65.1 Å². The third kappa shape index (κ3) is 3.95. The van der Waals surface area contributed by atoms with E-state index in [1.54, 1.807) is 0 Å². The molecule has 1 heterocycles. The number of oxime groups is 1. The summed E-state index contributed by atoms with van der Waals surface area (Å²) in [6.07, 6.45) is 0. The summed E-state index contributed by atoms with van der Waals surface area (Å²) in [4.78, 5) is 4.89. The fourth-order valence-electron chi connectivity index (χ4n) is 3.09. The average Bonchev–Trinajstić information content (AvgIpc) is 2.53. The minimum Gasteiger partial charge on any atom is -0.409 e. The highest BCUT2D eigenvalue weighted by Gasteiger charge is 2.26. The second-order valence-corrected chi connectivity index (χ2v) is 5.73. The number of amidine groups is 1. The molecule has 1 saturated heterocycles. The Kier molecular flexibility index (Phi) is 5.59. The monoisotopic (exact) mass is 290 g/mol. The highest BCUT2D eigenvalue weighted by Crippen LogP contribution is 2.19. The van der Waals surface area contributed by atoms with Crippen molar-refractivity contribution in [3.05, 3.63) is 35.9 Å². The molecule has 0 amide bonds. The van der Waals surface area contributed by atoms with Crippen LogP contribution in [0.1, 0.15) is 25.3 Å². The van der Waals surface area contributed by atoms with Gasteiger partial charge < -0.3 is 10.9 Å². The molecule has 2 atom stereocenters. The molecule has 1 aliphatic rings. The molecular weight excluding hydrogens is 264 g/mol. The van der Waals surface area contributed by atoms with Crippen LogP contribution in [0.2, 0.25) is 0 Å². The van der Waals surface area contributed by atoms with Gasteiger partial charge in [-0.2, -0.15) is 0 Å². The Bertz CT molecular complexity index is 463. The van der Waals surface area contributed by atoms with Crippen LogP contribution in [0.4, 0.5) is 0 Å². The molecule has 5 nitrogen and oxygen atoms in total. The molecule has 5 heteroatoms. The maximum Gasteiger partial charge on any atom is 0.147 e. The van der Waals surface area contributed by atoms with E-state index in [9.17, 15) is 0 Å². The number of likely N-dealkylation sites (N-methyl/N-ethyl adjacent to an activating group) is 1. The first kappa shape index (κ1) is 15.8. The molecule has 0 aromatic heterocycles.